The lowest BCUT2D eigenvalue weighted by Crippen LogP contribution is -2.38. The molecule has 1 aliphatic heterocycles. The predicted molar refractivity (Wildman–Crippen MR) is 52.4 cm³/mol. The average Bonchev–Trinajstić information content (AvgIpc) is 2.61. The van der Waals surface area contributed by atoms with E-state index < -0.39 is 5.97 Å². The van der Waals surface area contributed by atoms with Gasteiger partial charge in [0.05, 0.1) is 17.6 Å². The van der Waals surface area contributed by atoms with E-state index in [1.807, 2.05) is 6.92 Å². The highest BCUT2D eigenvalue weighted by molar-refractivity contribution is 5.70. The second-order valence-electron chi connectivity index (χ2n) is 5.24. The summed E-state index contributed by atoms with van der Waals surface area (Å²) in [7, 11) is 0. The minimum Gasteiger partial charge on any atom is -0.481 e. The van der Waals surface area contributed by atoms with Gasteiger partial charge in [-0.3, -0.25) is 4.79 Å². The van der Waals surface area contributed by atoms with Gasteiger partial charge in [-0.15, -0.1) is 0 Å². The summed E-state index contributed by atoms with van der Waals surface area (Å²) < 4.78 is 5.60. The summed E-state index contributed by atoms with van der Waals surface area (Å²) in [4.78, 5) is 10.9. The van der Waals surface area contributed by atoms with Crippen LogP contribution in [0.1, 0.15) is 33.6 Å². The molecule has 2 aliphatic rings. The van der Waals surface area contributed by atoms with Crippen LogP contribution in [-0.4, -0.2) is 22.8 Å². The highest BCUT2D eigenvalue weighted by atomic mass is 16.6. The maximum atomic E-state index is 10.9. The van der Waals surface area contributed by atoms with E-state index in [0.29, 0.717) is 6.42 Å². The van der Waals surface area contributed by atoms with Gasteiger partial charge >= 0.3 is 5.97 Å². The molecule has 1 aliphatic carbocycles. The van der Waals surface area contributed by atoms with Crippen molar-refractivity contribution < 1.29 is 14.6 Å². The monoisotopic (exact) mass is 201 g/mol. The highest BCUT2D eigenvalue weighted by Crippen LogP contribution is 2.57. The zero-order valence-corrected chi connectivity index (χ0v) is 9.04. The molecule has 0 radical (unpaired) electrons. The molecule has 0 aromatic rings. The lowest BCUT2D eigenvalue weighted by atomic mass is 9.68. The molecule has 0 aromatic heterocycles. The van der Waals surface area contributed by atoms with Crippen molar-refractivity contribution in [3.8, 4) is 0 Å². The molecule has 3 unspecified atom stereocenters. The average molecular weight is 201 g/mol. The Hall–Kier alpha value is -0.610. The Labute approximate surface area is 84.2 Å². The fourth-order valence-electron chi connectivity index (χ4n) is 2.85. The Kier molecular flexibility index (Phi) is 2.41. The van der Waals surface area contributed by atoms with Crippen LogP contribution in [0, 0.1) is 11.3 Å². The molecule has 2 rings (SSSR count). The third kappa shape index (κ3) is 1.53. The van der Waals surface area contributed by atoms with Crippen LogP contribution in [0.2, 0.25) is 0 Å². The summed E-state index contributed by atoms with van der Waals surface area (Å²) in [5.74, 6) is -0.901. The number of fused-ring (bicyclic) bond motifs is 1. The Morgan fingerprint density at radius 1 is 1.36 bits per heavy atom. The van der Waals surface area contributed by atoms with Gasteiger partial charge in [-0.1, -0.05) is 13.8 Å². The fraction of sp³-hybridized carbons (Fsp3) is 0.900. The van der Waals surface area contributed by atoms with Gasteiger partial charge in [0.15, 0.2) is 0 Å². The second kappa shape index (κ2) is 2.94. The van der Waals surface area contributed by atoms with E-state index in [2.05, 4.69) is 13.8 Å². The Morgan fingerprint density at radius 2 is 1.93 bits per heavy atom. The molecule has 0 aromatic carbocycles. The molecule has 0 amide bonds. The van der Waals surface area contributed by atoms with Crippen molar-refractivity contribution in [3.05, 3.63) is 0 Å². The van der Waals surface area contributed by atoms with Crippen molar-refractivity contribution in [2.75, 3.05) is 0 Å². The molecular formula is C10H19NO3. The van der Waals surface area contributed by atoms with Gasteiger partial charge in [-0.25, -0.2) is 0 Å². The van der Waals surface area contributed by atoms with Crippen LogP contribution >= 0.6 is 0 Å². The number of carboxylic acid groups (broad SMARTS) is 1. The first-order valence-electron chi connectivity index (χ1n) is 4.76. The maximum absolute atomic E-state index is 10.9. The van der Waals surface area contributed by atoms with Gasteiger partial charge in [-0.2, -0.15) is 0 Å². The summed E-state index contributed by atoms with van der Waals surface area (Å²) >= 11 is 0. The second-order valence-corrected chi connectivity index (χ2v) is 5.24. The summed E-state index contributed by atoms with van der Waals surface area (Å²) in [6.07, 6.45) is 1.69. The van der Waals surface area contributed by atoms with Crippen LogP contribution < -0.4 is 6.15 Å². The van der Waals surface area contributed by atoms with Crippen molar-refractivity contribution >= 4 is 5.97 Å². The van der Waals surface area contributed by atoms with Crippen LogP contribution in [0.15, 0.2) is 0 Å². The fourth-order valence-corrected chi connectivity index (χ4v) is 2.85. The summed E-state index contributed by atoms with van der Waals surface area (Å²) in [5.41, 5.74) is -0.124. The molecule has 82 valence electrons. The summed E-state index contributed by atoms with van der Waals surface area (Å²) in [6, 6.07) is 0. The van der Waals surface area contributed by atoms with Gasteiger partial charge in [-0.05, 0) is 25.2 Å². The van der Waals surface area contributed by atoms with Gasteiger partial charge in [0.25, 0.3) is 0 Å². The first-order chi connectivity index (χ1) is 5.85. The summed E-state index contributed by atoms with van der Waals surface area (Å²) in [5, 5.41) is 8.97. The molecule has 2 fully saturated rings. The number of ether oxygens (including phenoxy) is 1. The number of epoxide rings is 1. The van der Waals surface area contributed by atoms with Crippen molar-refractivity contribution in [2.24, 2.45) is 11.3 Å². The summed E-state index contributed by atoms with van der Waals surface area (Å²) in [6.45, 7) is 6.21. The Balaban J connectivity index is 0.000000980. The Morgan fingerprint density at radius 3 is 2.36 bits per heavy atom. The zero-order chi connectivity index (χ0) is 9.85. The van der Waals surface area contributed by atoms with Crippen molar-refractivity contribution in [2.45, 2.75) is 45.3 Å². The van der Waals surface area contributed by atoms with E-state index >= 15 is 0 Å². The molecule has 3 atom stereocenters. The molecule has 0 bridgehead atoms. The highest BCUT2D eigenvalue weighted by Gasteiger charge is 2.64. The first-order valence-corrected chi connectivity index (χ1v) is 4.76. The van der Waals surface area contributed by atoms with Crippen LogP contribution in [0.25, 0.3) is 0 Å². The quantitative estimate of drug-likeness (QED) is 0.634. The minimum absolute atomic E-state index is 0. The number of aliphatic carboxylic acids is 1. The molecule has 4 N–H and O–H groups in total. The normalized spacial score (nSPS) is 43.4. The number of hydrogen-bond donors (Lipinski definition) is 2. The van der Waals surface area contributed by atoms with Crippen LogP contribution in [0.5, 0.6) is 0 Å². The lowest BCUT2D eigenvalue weighted by molar-refractivity contribution is -0.144. The minimum atomic E-state index is -0.678. The van der Waals surface area contributed by atoms with E-state index in [0.717, 1.165) is 6.42 Å². The SMILES string of the molecule is CC1(C)CC(C(=O)O)CC2(C)OC12.N. The van der Waals surface area contributed by atoms with Gasteiger partial charge in [0.2, 0.25) is 0 Å². The third-order valence-electron chi connectivity index (χ3n) is 3.37. The van der Waals surface area contributed by atoms with Gasteiger partial charge in [0, 0.05) is 0 Å². The van der Waals surface area contributed by atoms with Crippen molar-refractivity contribution in [1.29, 1.82) is 0 Å². The molecule has 4 nitrogen and oxygen atoms in total. The van der Waals surface area contributed by atoms with E-state index in [4.69, 9.17) is 9.84 Å². The standard InChI is InChI=1S/C10H16O3.H3N/c1-9(2)4-6(7(11)12)5-10(3)8(9)13-10;/h6,8H,4-5H2,1-3H3,(H,11,12);1H3. The molecule has 14 heavy (non-hydrogen) atoms. The van der Waals surface area contributed by atoms with Crippen LogP contribution in [-0.2, 0) is 9.53 Å². The van der Waals surface area contributed by atoms with E-state index in [1.54, 1.807) is 0 Å². The van der Waals surface area contributed by atoms with E-state index in [-0.39, 0.29) is 29.2 Å². The molecule has 1 saturated heterocycles. The van der Waals surface area contributed by atoms with Crippen LogP contribution in [0.4, 0.5) is 0 Å². The predicted octanol–water partition coefficient (Wildman–Crippen LogP) is 1.83. The topological polar surface area (TPSA) is 84.8 Å². The molecule has 1 saturated carbocycles. The lowest BCUT2D eigenvalue weighted by Gasteiger charge is -2.32. The smallest absolute Gasteiger partial charge is 0.306 e. The number of rotatable bonds is 1. The van der Waals surface area contributed by atoms with Gasteiger partial charge < -0.3 is 16.0 Å². The molecule has 1 heterocycles. The first kappa shape index (κ1) is 11.5. The molecule has 0 spiro atoms. The van der Waals surface area contributed by atoms with Crippen molar-refractivity contribution in [3.63, 3.8) is 0 Å². The number of carboxylic acids is 1. The number of hydrogen-bond acceptors (Lipinski definition) is 3. The van der Waals surface area contributed by atoms with Crippen LogP contribution in [0.3, 0.4) is 0 Å². The van der Waals surface area contributed by atoms with E-state index in [1.165, 1.54) is 0 Å². The number of carbonyl (C=O) groups is 1. The van der Waals surface area contributed by atoms with Gasteiger partial charge in [0.1, 0.15) is 0 Å². The molecule has 4 heteroatoms. The van der Waals surface area contributed by atoms with E-state index in [9.17, 15) is 4.79 Å². The third-order valence-corrected chi connectivity index (χ3v) is 3.37. The maximum Gasteiger partial charge on any atom is 0.306 e. The Bertz CT molecular complexity index is 264. The zero-order valence-electron chi connectivity index (χ0n) is 9.04. The largest absolute Gasteiger partial charge is 0.481 e. The molecular weight excluding hydrogens is 182 g/mol. The van der Waals surface area contributed by atoms with Crippen molar-refractivity contribution in [1.82, 2.24) is 6.15 Å².